The molecule has 0 bridgehead atoms. The molecule has 1 fully saturated rings. The molecule has 0 unspecified atom stereocenters. The van der Waals surface area contributed by atoms with Gasteiger partial charge in [-0.3, -0.25) is 0 Å². The molecule has 0 nitrogen and oxygen atoms in total. The highest BCUT2D eigenvalue weighted by Gasteiger charge is 2.84. The summed E-state index contributed by atoms with van der Waals surface area (Å²) >= 11 is 2.55. The van der Waals surface area contributed by atoms with Crippen LogP contribution in [0, 0.1) is 5.92 Å². The summed E-state index contributed by atoms with van der Waals surface area (Å²) in [6.45, 7) is 5.68. The first-order chi connectivity index (χ1) is 18.8. The summed E-state index contributed by atoms with van der Waals surface area (Å²) in [5.41, 5.74) is -1.41. The van der Waals surface area contributed by atoms with Crippen LogP contribution in [0.3, 0.4) is 0 Å². The van der Waals surface area contributed by atoms with Gasteiger partial charge in [0, 0.05) is 21.0 Å². The van der Waals surface area contributed by atoms with Crippen LogP contribution in [-0.4, -0.2) is 27.3 Å². The van der Waals surface area contributed by atoms with Crippen LogP contribution in [0.4, 0.5) is 26.3 Å². The van der Waals surface area contributed by atoms with Crippen LogP contribution in [0.2, 0.25) is 0 Å². The number of hydrogen-bond donors (Lipinski definition) is 0. The summed E-state index contributed by atoms with van der Waals surface area (Å²) in [5, 5.41) is 0. The quantitative estimate of drug-likeness (QED) is 0.252. The fourth-order valence-electron chi connectivity index (χ4n) is 5.91. The zero-order valence-electron chi connectivity index (χ0n) is 22.0. The first-order valence-electron chi connectivity index (χ1n) is 13.1. The lowest BCUT2D eigenvalue weighted by Crippen LogP contribution is -2.49. The zero-order valence-corrected chi connectivity index (χ0v) is 23.6. The summed E-state index contributed by atoms with van der Waals surface area (Å²) < 4.78 is 90.4. The van der Waals surface area contributed by atoms with E-state index in [-0.39, 0.29) is 17.1 Å². The Bertz CT molecular complexity index is 1530. The van der Waals surface area contributed by atoms with Crippen LogP contribution >= 0.6 is 23.5 Å². The van der Waals surface area contributed by atoms with Crippen molar-refractivity contribution in [3.05, 3.63) is 118 Å². The number of alkyl halides is 6. The van der Waals surface area contributed by atoms with E-state index in [0.29, 0.717) is 20.9 Å². The van der Waals surface area contributed by atoms with Gasteiger partial charge in [0.05, 0.1) is 9.49 Å². The van der Waals surface area contributed by atoms with Crippen LogP contribution in [-0.2, 0) is 0 Å². The summed E-state index contributed by atoms with van der Waals surface area (Å²) in [6, 6.07) is 18.0. The molecular formula is C32H26F6S2. The fourth-order valence-corrected chi connectivity index (χ4v) is 9.13. The molecule has 6 rings (SSSR count). The lowest BCUT2D eigenvalue weighted by atomic mass is 9.70. The van der Waals surface area contributed by atoms with Crippen LogP contribution in [0.25, 0.3) is 9.81 Å². The molecule has 2 aromatic rings. The fraction of sp³-hybridized carbons (Fsp3) is 0.312. The Hall–Kier alpha value is -2.58. The maximum atomic E-state index is 15.7. The van der Waals surface area contributed by atoms with Crippen molar-refractivity contribution in [2.45, 2.75) is 54.5 Å². The molecule has 0 spiro atoms. The molecule has 4 aliphatic rings. The van der Waals surface area contributed by atoms with Gasteiger partial charge in [-0.2, -0.15) is 26.3 Å². The third-order valence-corrected chi connectivity index (χ3v) is 11.7. The van der Waals surface area contributed by atoms with Gasteiger partial charge < -0.3 is 0 Å². The van der Waals surface area contributed by atoms with E-state index < -0.39 is 38.4 Å². The van der Waals surface area contributed by atoms with Gasteiger partial charge >= 0.3 is 17.8 Å². The molecule has 8 heteroatoms. The van der Waals surface area contributed by atoms with Crippen LogP contribution in [0.5, 0.6) is 0 Å². The molecule has 0 amide bonds. The molecule has 2 aliphatic heterocycles. The summed E-state index contributed by atoms with van der Waals surface area (Å²) in [6.07, 6.45) is 7.33. The van der Waals surface area contributed by atoms with E-state index in [2.05, 4.69) is 0 Å². The predicted molar refractivity (Wildman–Crippen MR) is 153 cm³/mol. The number of benzene rings is 2. The summed E-state index contributed by atoms with van der Waals surface area (Å²) in [4.78, 5) is 1.15. The maximum absolute atomic E-state index is 15.7. The standard InChI is InChI=1S/C32H26F6S2/c1-4-19(2)15-16-29-23(18-25(40-29)21-13-9-6-10-14-21)27-26(30(33,34)32(37,38)31(27,35)36)22-17-24(39-28(22,29)3)20-11-7-5-8-12-20/h5-19H,4H2,1-3H3/t19-,28+,29+/m1/s1. The van der Waals surface area contributed by atoms with Crippen LogP contribution in [0.15, 0.2) is 107 Å². The van der Waals surface area contributed by atoms with E-state index in [1.807, 2.05) is 32.1 Å². The number of allylic oxidation sites excluding steroid dienone is 5. The second-order valence-electron chi connectivity index (χ2n) is 10.8. The maximum Gasteiger partial charge on any atom is 0.380 e. The number of fused-ring (bicyclic) bond motifs is 4. The Labute approximate surface area is 238 Å². The van der Waals surface area contributed by atoms with Crippen molar-refractivity contribution in [2.75, 3.05) is 0 Å². The van der Waals surface area contributed by atoms with Crippen molar-refractivity contribution in [1.29, 1.82) is 0 Å². The van der Waals surface area contributed by atoms with E-state index in [1.54, 1.807) is 61.5 Å². The van der Waals surface area contributed by atoms with Gasteiger partial charge in [-0.25, -0.2) is 0 Å². The van der Waals surface area contributed by atoms with Gasteiger partial charge in [0.2, 0.25) is 0 Å². The van der Waals surface area contributed by atoms with Gasteiger partial charge in [-0.1, -0.05) is 93.1 Å². The first kappa shape index (κ1) is 27.6. The van der Waals surface area contributed by atoms with Gasteiger partial charge in [-0.15, -0.1) is 23.5 Å². The molecule has 2 aromatic carbocycles. The molecule has 3 atom stereocenters. The molecule has 0 radical (unpaired) electrons. The summed E-state index contributed by atoms with van der Waals surface area (Å²) in [7, 11) is 0. The first-order valence-corrected chi connectivity index (χ1v) is 14.7. The van der Waals surface area contributed by atoms with E-state index in [1.165, 1.54) is 35.7 Å². The Kier molecular flexibility index (Phi) is 6.18. The third-order valence-electron chi connectivity index (χ3n) is 8.38. The predicted octanol–water partition coefficient (Wildman–Crippen LogP) is 10.2. The molecule has 1 saturated carbocycles. The second kappa shape index (κ2) is 8.96. The molecule has 208 valence electrons. The molecule has 2 aliphatic carbocycles. The minimum Gasteiger partial charge on any atom is -0.194 e. The van der Waals surface area contributed by atoms with Crippen LogP contribution < -0.4 is 0 Å². The zero-order chi connectivity index (χ0) is 28.7. The Morgan fingerprint density at radius 3 is 1.73 bits per heavy atom. The topological polar surface area (TPSA) is 0 Å². The van der Waals surface area contributed by atoms with E-state index in [9.17, 15) is 0 Å². The molecule has 0 saturated heterocycles. The lowest BCUT2D eigenvalue weighted by Gasteiger charge is -2.48. The van der Waals surface area contributed by atoms with Crippen molar-refractivity contribution < 1.29 is 26.3 Å². The second-order valence-corrected chi connectivity index (χ2v) is 13.5. The minimum atomic E-state index is -5.58. The number of thioether (sulfide) groups is 2. The molecular weight excluding hydrogens is 562 g/mol. The van der Waals surface area contributed by atoms with Crippen molar-refractivity contribution in [1.82, 2.24) is 0 Å². The Balaban J connectivity index is 1.71. The van der Waals surface area contributed by atoms with Crippen molar-refractivity contribution in [3.63, 3.8) is 0 Å². The SMILES string of the molecule is CC[C@@H](C)C=C[C@]12SC(c3ccccc3)=CC1=C1C(=C3C=C(c4ccccc4)S[C@@]32C)C(F)(F)C(F)(F)C1(F)F. The minimum absolute atomic E-state index is 0.0550. The average molecular weight is 589 g/mol. The average Bonchev–Trinajstić information content (AvgIpc) is 3.53. The smallest absolute Gasteiger partial charge is 0.194 e. The van der Waals surface area contributed by atoms with Crippen molar-refractivity contribution in [2.24, 2.45) is 5.92 Å². The highest BCUT2D eigenvalue weighted by molar-refractivity contribution is 8.14. The van der Waals surface area contributed by atoms with Gasteiger partial charge in [0.25, 0.3) is 0 Å². The van der Waals surface area contributed by atoms with Crippen molar-refractivity contribution >= 4 is 33.3 Å². The highest BCUT2D eigenvalue weighted by atomic mass is 32.2. The summed E-state index contributed by atoms with van der Waals surface area (Å²) in [5.74, 6) is -15.6. The third kappa shape index (κ3) is 3.44. The number of rotatable bonds is 5. The molecule has 0 aromatic heterocycles. The lowest BCUT2D eigenvalue weighted by molar-refractivity contribution is -0.258. The monoisotopic (exact) mass is 588 g/mol. The number of hydrogen-bond acceptors (Lipinski definition) is 2. The van der Waals surface area contributed by atoms with E-state index in [4.69, 9.17) is 0 Å². The molecule has 2 heterocycles. The van der Waals surface area contributed by atoms with Gasteiger partial charge in [0.15, 0.2) is 0 Å². The largest absolute Gasteiger partial charge is 0.380 e. The molecule has 0 N–H and O–H groups in total. The Morgan fingerprint density at radius 2 is 1.20 bits per heavy atom. The highest BCUT2D eigenvalue weighted by Crippen LogP contribution is 2.75. The normalized spacial score (nSPS) is 30.2. The van der Waals surface area contributed by atoms with Gasteiger partial charge in [0.1, 0.15) is 0 Å². The van der Waals surface area contributed by atoms with Gasteiger partial charge in [-0.05, 0) is 47.3 Å². The number of halogens is 6. The van der Waals surface area contributed by atoms with E-state index in [0.717, 1.165) is 6.42 Å². The van der Waals surface area contributed by atoms with Crippen molar-refractivity contribution in [3.8, 4) is 0 Å². The van der Waals surface area contributed by atoms with Crippen LogP contribution in [0.1, 0.15) is 38.3 Å². The molecule has 40 heavy (non-hydrogen) atoms. The Morgan fingerprint density at radius 1 is 0.725 bits per heavy atom. The van der Waals surface area contributed by atoms with E-state index >= 15 is 26.3 Å².